The second-order valence-electron chi connectivity index (χ2n) is 4.50. The summed E-state index contributed by atoms with van der Waals surface area (Å²) in [6.45, 7) is 5.17. The van der Waals surface area contributed by atoms with Gasteiger partial charge in [-0.1, -0.05) is 25.5 Å². The first kappa shape index (κ1) is 13.2. The van der Waals surface area contributed by atoms with E-state index in [0.717, 1.165) is 43.0 Å². The summed E-state index contributed by atoms with van der Waals surface area (Å²) in [5, 5.41) is 9.11. The normalized spacial score (nSPS) is 13.3. The first-order valence-electron chi connectivity index (χ1n) is 6.56. The van der Waals surface area contributed by atoms with Crippen LogP contribution in [0.15, 0.2) is 18.2 Å². The molecule has 0 amide bonds. The maximum absolute atomic E-state index is 9.11. The van der Waals surface area contributed by atoms with E-state index in [4.69, 9.17) is 14.6 Å². The molecule has 0 aromatic heterocycles. The van der Waals surface area contributed by atoms with Crippen molar-refractivity contribution >= 4 is 0 Å². The van der Waals surface area contributed by atoms with Crippen LogP contribution in [0.4, 0.5) is 0 Å². The van der Waals surface area contributed by atoms with E-state index in [9.17, 15) is 0 Å². The smallest absolute Gasteiger partial charge is 0.231 e. The van der Waals surface area contributed by atoms with Gasteiger partial charge in [0.2, 0.25) is 6.79 Å². The minimum absolute atomic E-state index is 0.191. The van der Waals surface area contributed by atoms with E-state index in [-0.39, 0.29) is 6.61 Å². The average Bonchev–Trinajstić information content (AvgIpc) is 2.85. The molecule has 0 radical (unpaired) electrons. The lowest BCUT2D eigenvalue weighted by molar-refractivity contribution is 0.168. The van der Waals surface area contributed by atoms with E-state index in [1.807, 2.05) is 12.1 Å². The van der Waals surface area contributed by atoms with Crippen LogP contribution in [0.3, 0.4) is 0 Å². The van der Waals surface area contributed by atoms with Gasteiger partial charge in [-0.05, 0) is 19.0 Å². The van der Waals surface area contributed by atoms with Crippen LogP contribution in [0, 0.1) is 0 Å². The van der Waals surface area contributed by atoms with Gasteiger partial charge in [-0.15, -0.1) is 0 Å². The molecule has 0 spiro atoms. The lowest BCUT2D eigenvalue weighted by Gasteiger charge is -2.21. The summed E-state index contributed by atoms with van der Waals surface area (Å²) >= 11 is 0. The van der Waals surface area contributed by atoms with E-state index in [0.29, 0.717) is 13.3 Å². The highest BCUT2D eigenvalue weighted by molar-refractivity contribution is 5.48. The molecule has 0 saturated heterocycles. The molecule has 4 nitrogen and oxygen atoms in total. The number of benzene rings is 1. The SMILES string of the molecule is CCCCN(CCO)Cc1cccc2c1OCO2. The zero-order valence-electron chi connectivity index (χ0n) is 10.9. The van der Waals surface area contributed by atoms with Gasteiger partial charge in [0.1, 0.15) is 0 Å². The van der Waals surface area contributed by atoms with Crippen LogP contribution < -0.4 is 9.47 Å². The van der Waals surface area contributed by atoms with Gasteiger partial charge >= 0.3 is 0 Å². The Morgan fingerprint density at radius 1 is 1.28 bits per heavy atom. The number of fused-ring (bicyclic) bond motifs is 1. The molecule has 1 aromatic carbocycles. The number of nitrogens with zero attached hydrogens (tertiary/aromatic N) is 1. The van der Waals surface area contributed by atoms with Gasteiger partial charge in [-0.25, -0.2) is 0 Å². The Morgan fingerprint density at radius 2 is 2.17 bits per heavy atom. The number of para-hydroxylation sites is 1. The molecule has 2 rings (SSSR count). The molecule has 18 heavy (non-hydrogen) atoms. The van der Waals surface area contributed by atoms with Crippen LogP contribution in [0.25, 0.3) is 0 Å². The number of rotatable bonds is 7. The minimum Gasteiger partial charge on any atom is -0.454 e. The number of unbranched alkanes of at least 4 members (excludes halogenated alkanes) is 1. The number of aliphatic hydroxyl groups is 1. The van der Waals surface area contributed by atoms with Crippen molar-refractivity contribution in [3.63, 3.8) is 0 Å². The number of hydrogen-bond donors (Lipinski definition) is 1. The highest BCUT2D eigenvalue weighted by atomic mass is 16.7. The Morgan fingerprint density at radius 3 is 2.94 bits per heavy atom. The van der Waals surface area contributed by atoms with Crippen LogP contribution in [0.1, 0.15) is 25.3 Å². The Balaban J connectivity index is 2.04. The van der Waals surface area contributed by atoms with Crippen LogP contribution in [0.2, 0.25) is 0 Å². The standard InChI is InChI=1S/C14H21NO3/c1-2-3-7-15(8-9-16)10-12-5-4-6-13-14(12)18-11-17-13/h4-6,16H,2-3,7-11H2,1H3. The summed E-state index contributed by atoms with van der Waals surface area (Å²) in [6, 6.07) is 5.97. The van der Waals surface area contributed by atoms with Crippen molar-refractivity contribution in [3.05, 3.63) is 23.8 Å². The molecule has 0 aliphatic carbocycles. The Bertz CT molecular complexity index is 381. The molecule has 1 N–H and O–H groups in total. The van der Waals surface area contributed by atoms with E-state index in [1.54, 1.807) is 0 Å². The minimum atomic E-state index is 0.191. The summed E-state index contributed by atoms with van der Waals surface area (Å²) in [5.41, 5.74) is 1.13. The van der Waals surface area contributed by atoms with Gasteiger partial charge < -0.3 is 14.6 Å². The van der Waals surface area contributed by atoms with Gasteiger partial charge in [-0.3, -0.25) is 4.90 Å². The van der Waals surface area contributed by atoms with E-state index < -0.39 is 0 Å². The highest BCUT2D eigenvalue weighted by Gasteiger charge is 2.18. The third kappa shape index (κ3) is 3.15. The second kappa shape index (κ2) is 6.61. The van der Waals surface area contributed by atoms with E-state index >= 15 is 0 Å². The second-order valence-corrected chi connectivity index (χ2v) is 4.50. The molecule has 0 unspecified atom stereocenters. The van der Waals surface area contributed by atoms with Crippen molar-refractivity contribution < 1.29 is 14.6 Å². The van der Waals surface area contributed by atoms with Crippen LogP contribution in [-0.4, -0.2) is 36.5 Å². The van der Waals surface area contributed by atoms with Crippen molar-refractivity contribution in [1.82, 2.24) is 4.90 Å². The fourth-order valence-electron chi connectivity index (χ4n) is 2.15. The number of aliphatic hydroxyl groups excluding tert-OH is 1. The first-order chi connectivity index (χ1) is 8.85. The summed E-state index contributed by atoms with van der Waals surface area (Å²) < 4.78 is 10.9. The van der Waals surface area contributed by atoms with Crippen molar-refractivity contribution in [2.75, 3.05) is 26.5 Å². The van der Waals surface area contributed by atoms with Crippen LogP contribution in [-0.2, 0) is 6.54 Å². The quantitative estimate of drug-likeness (QED) is 0.805. The zero-order chi connectivity index (χ0) is 12.8. The number of ether oxygens (including phenoxy) is 2. The molecule has 0 bridgehead atoms. The topological polar surface area (TPSA) is 41.9 Å². The van der Waals surface area contributed by atoms with Crippen molar-refractivity contribution in [3.8, 4) is 11.5 Å². The predicted octanol–water partition coefficient (Wildman–Crippen LogP) is 2.01. The molecular weight excluding hydrogens is 230 g/mol. The zero-order valence-corrected chi connectivity index (χ0v) is 10.9. The van der Waals surface area contributed by atoms with Gasteiger partial charge in [0.05, 0.1) is 6.61 Å². The Hall–Kier alpha value is -1.26. The van der Waals surface area contributed by atoms with Crippen molar-refractivity contribution in [1.29, 1.82) is 0 Å². The Labute approximate surface area is 108 Å². The molecule has 1 aliphatic rings. The summed E-state index contributed by atoms with van der Waals surface area (Å²) in [5.74, 6) is 1.68. The van der Waals surface area contributed by atoms with Crippen LogP contribution in [0.5, 0.6) is 11.5 Å². The first-order valence-corrected chi connectivity index (χ1v) is 6.56. The van der Waals surface area contributed by atoms with Crippen molar-refractivity contribution in [2.24, 2.45) is 0 Å². The fourth-order valence-corrected chi connectivity index (χ4v) is 2.15. The molecule has 0 atom stereocenters. The summed E-state index contributed by atoms with van der Waals surface area (Å²) in [7, 11) is 0. The molecule has 100 valence electrons. The monoisotopic (exact) mass is 251 g/mol. The number of hydrogen-bond acceptors (Lipinski definition) is 4. The van der Waals surface area contributed by atoms with Gasteiger partial charge in [0.25, 0.3) is 0 Å². The lowest BCUT2D eigenvalue weighted by Crippen LogP contribution is -2.27. The van der Waals surface area contributed by atoms with E-state index in [1.165, 1.54) is 0 Å². The molecular formula is C14H21NO3. The molecule has 1 aliphatic heterocycles. The fraction of sp³-hybridized carbons (Fsp3) is 0.571. The van der Waals surface area contributed by atoms with Gasteiger partial charge in [-0.2, -0.15) is 0 Å². The van der Waals surface area contributed by atoms with Crippen LogP contribution >= 0.6 is 0 Å². The van der Waals surface area contributed by atoms with Gasteiger partial charge in [0.15, 0.2) is 11.5 Å². The average molecular weight is 251 g/mol. The molecule has 4 heteroatoms. The molecule has 1 heterocycles. The third-order valence-electron chi connectivity index (χ3n) is 3.12. The van der Waals surface area contributed by atoms with Crippen molar-refractivity contribution in [2.45, 2.75) is 26.3 Å². The Kier molecular flexibility index (Phi) is 4.84. The maximum atomic E-state index is 9.11. The summed E-state index contributed by atoms with van der Waals surface area (Å²) in [4.78, 5) is 2.25. The van der Waals surface area contributed by atoms with Gasteiger partial charge in [0, 0.05) is 18.7 Å². The maximum Gasteiger partial charge on any atom is 0.231 e. The molecule has 1 aromatic rings. The lowest BCUT2D eigenvalue weighted by atomic mass is 10.1. The molecule has 0 saturated carbocycles. The highest BCUT2D eigenvalue weighted by Crippen LogP contribution is 2.35. The largest absolute Gasteiger partial charge is 0.454 e. The summed E-state index contributed by atoms with van der Waals surface area (Å²) in [6.07, 6.45) is 2.31. The predicted molar refractivity (Wildman–Crippen MR) is 69.8 cm³/mol. The molecule has 0 fully saturated rings. The third-order valence-corrected chi connectivity index (χ3v) is 3.12. The van der Waals surface area contributed by atoms with E-state index in [2.05, 4.69) is 17.9 Å².